The molecule has 0 aliphatic heterocycles. The fraction of sp³-hybridized carbons (Fsp3) is 0.583. The summed E-state index contributed by atoms with van der Waals surface area (Å²) in [6.45, 7) is 0. The highest BCUT2D eigenvalue weighted by Crippen LogP contribution is 2.31. The molecule has 16 heavy (non-hydrogen) atoms. The molecule has 1 heterocycles. The lowest BCUT2D eigenvalue weighted by atomic mass is 9.78. The van der Waals surface area contributed by atoms with Gasteiger partial charge >= 0.3 is 0 Å². The van der Waals surface area contributed by atoms with Crippen molar-refractivity contribution in [3.8, 4) is 0 Å². The van der Waals surface area contributed by atoms with E-state index in [0.717, 1.165) is 24.8 Å². The average molecular weight is 221 g/mol. The van der Waals surface area contributed by atoms with Crippen molar-refractivity contribution < 1.29 is 5.11 Å². The molecule has 0 bridgehead atoms. The molecule has 4 nitrogen and oxygen atoms in total. The molecule has 0 amide bonds. The number of hydrogen-bond acceptors (Lipinski definition) is 4. The molecule has 1 aromatic rings. The molecule has 1 aromatic heterocycles. The minimum Gasteiger partial charge on any atom is -0.398 e. The highest BCUT2D eigenvalue weighted by atomic mass is 16.3. The first-order valence-corrected chi connectivity index (χ1v) is 5.75. The van der Waals surface area contributed by atoms with E-state index in [0.29, 0.717) is 18.5 Å². The highest BCUT2D eigenvalue weighted by molar-refractivity contribution is 5.45. The molecule has 0 radical (unpaired) electrons. The van der Waals surface area contributed by atoms with Gasteiger partial charge in [-0.05, 0) is 37.3 Å². The van der Waals surface area contributed by atoms with Gasteiger partial charge in [-0.1, -0.05) is 0 Å². The second kappa shape index (κ2) is 4.39. The monoisotopic (exact) mass is 221 g/mol. The van der Waals surface area contributed by atoms with Crippen LogP contribution in [-0.4, -0.2) is 21.7 Å². The zero-order valence-electron chi connectivity index (χ0n) is 9.39. The zero-order valence-corrected chi connectivity index (χ0v) is 9.39. The summed E-state index contributed by atoms with van der Waals surface area (Å²) < 4.78 is 0. The second-order valence-corrected chi connectivity index (χ2v) is 4.83. The lowest BCUT2D eigenvalue weighted by Crippen LogP contribution is -2.42. The topological polar surface area (TPSA) is 85.2 Å². The normalized spacial score (nSPS) is 30.2. The van der Waals surface area contributed by atoms with Crippen molar-refractivity contribution in [2.75, 3.05) is 5.73 Å². The lowest BCUT2D eigenvalue weighted by Gasteiger charge is -2.35. The fourth-order valence-corrected chi connectivity index (χ4v) is 2.49. The largest absolute Gasteiger partial charge is 0.398 e. The van der Waals surface area contributed by atoms with Crippen LogP contribution in [0.3, 0.4) is 0 Å². The Kier molecular flexibility index (Phi) is 3.12. The molecule has 2 rings (SSSR count). The first-order valence-electron chi connectivity index (χ1n) is 5.75. The van der Waals surface area contributed by atoms with E-state index in [2.05, 4.69) is 4.98 Å². The Morgan fingerprint density at radius 2 is 2.38 bits per heavy atom. The van der Waals surface area contributed by atoms with E-state index in [1.165, 1.54) is 0 Å². The third-order valence-electron chi connectivity index (χ3n) is 3.32. The van der Waals surface area contributed by atoms with E-state index in [1.807, 2.05) is 0 Å². The minimum atomic E-state index is -0.700. The van der Waals surface area contributed by atoms with Gasteiger partial charge in [0, 0.05) is 30.5 Å². The standard InChI is InChI=1S/C12H19N3O/c13-10-2-1-4-12(16,7-10)6-9-8-15-5-3-11(9)14/h3,5,8,10,16H,1-2,4,6-7,13H2,(H2,14,15). The second-order valence-electron chi connectivity index (χ2n) is 4.83. The van der Waals surface area contributed by atoms with Crippen LogP contribution in [0.5, 0.6) is 0 Å². The van der Waals surface area contributed by atoms with Gasteiger partial charge in [0.05, 0.1) is 5.60 Å². The van der Waals surface area contributed by atoms with Crippen molar-refractivity contribution in [3.63, 3.8) is 0 Å². The van der Waals surface area contributed by atoms with Crippen molar-refractivity contribution in [2.45, 2.75) is 43.7 Å². The van der Waals surface area contributed by atoms with E-state index < -0.39 is 5.60 Å². The van der Waals surface area contributed by atoms with E-state index in [9.17, 15) is 5.11 Å². The molecule has 0 spiro atoms. The van der Waals surface area contributed by atoms with Crippen molar-refractivity contribution in [2.24, 2.45) is 5.73 Å². The Morgan fingerprint density at radius 1 is 1.56 bits per heavy atom. The predicted molar refractivity (Wildman–Crippen MR) is 63.7 cm³/mol. The van der Waals surface area contributed by atoms with Gasteiger partial charge in [-0.25, -0.2) is 0 Å². The molecule has 1 saturated carbocycles. The molecule has 2 unspecified atom stereocenters. The van der Waals surface area contributed by atoms with Crippen molar-refractivity contribution >= 4 is 5.69 Å². The van der Waals surface area contributed by atoms with Crippen molar-refractivity contribution in [1.29, 1.82) is 0 Å². The van der Waals surface area contributed by atoms with Gasteiger partial charge in [0.15, 0.2) is 0 Å². The smallest absolute Gasteiger partial charge is 0.0704 e. The fourth-order valence-electron chi connectivity index (χ4n) is 2.49. The summed E-state index contributed by atoms with van der Waals surface area (Å²) in [4.78, 5) is 4.04. The van der Waals surface area contributed by atoms with Gasteiger partial charge in [-0.3, -0.25) is 4.98 Å². The van der Waals surface area contributed by atoms with Crippen LogP contribution in [0.4, 0.5) is 5.69 Å². The number of anilines is 1. The molecule has 1 aliphatic rings. The molecular formula is C12H19N3O. The number of hydrogen-bond donors (Lipinski definition) is 3. The van der Waals surface area contributed by atoms with Crippen LogP contribution >= 0.6 is 0 Å². The Labute approximate surface area is 95.7 Å². The summed E-state index contributed by atoms with van der Waals surface area (Å²) in [5, 5.41) is 10.5. The Balaban J connectivity index is 2.11. The average Bonchev–Trinajstić information content (AvgIpc) is 2.21. The van der Waals surface area contributed by atoms with Crippen LogP contribution in [0.1, 0.15) is 31.2 Å². The number of nitrogens with two attached hydrogens (primary N) is 2. The first kappa shape index (κ1) is 11.4. The Morgan fingerprint density at radius 3 is 3.06 bits per heavy atom. The number of aliphatic hydroxyl groups is 1. The molecule has 88 valence electrons. The van der Waals surface area contributed by atoms with Crippen molar-refractivity contribution in [3.05, 3.63) is 24.0 Å². The first-order chi connectivity index (χ1) is 7.59. The Bertz CT molecular complexity index is 369. The minimum absolute atomic E-state index is 0.108. The maximum absolute atomic E-state index is 10.5. The summed E-state index contributed by atoms with van der Waals surface area (Å²) in [5.74, 6) is 0. The maximum Gasteiger partial charge on any atom is 0.0704 e. The number of nitrogens with zero attached hydrogens (tertiary/aromatic N) is 1. The van der Waals surface area contributed by atoms with Gasteiger partial charge in [0.1, 0.15) is 0 Å². The van der Waals surface area contributed by atoms with E-state index in [4.69, 9.17) is 11.5 Å². The third kappa shape index (κ3) is 2.51. The summed E-state index contributed by atoms with van der Waals surface area (Å²) in [6.07, 6.45) is 7.39. The van der Waals surface area contributed by atoms with E-state index in [-0.39, 0.29) is 6.04 Å². The quantitative estimate of drug-likeness (QED) is 0.690. The van der Waals surface area contributed by atoms with Crippen molar-refractivity contribution in [1.82, 2.24) is 4.98 Å². The summed E-state index contributed by atoms with van der Waals surface area (Å²) >= 11 is 0. The van der Waals surface area contributed by atoms with Crippen LogP contribution < -0.4 is 11.5 Å². The van der Waals surface area contributed by atoms with Gasteiger partial charge in [-0.15, -0.1) is 0 Å². The SMILES string of the molecule is Nc1ccncc1CC1(O)CCCC(N)C1. The summed E-state index contributed by atoms with van der Waals surface area (Å²) in [7, 11) is 0. The molecule has 1 fully saturated rings. The van der Waals surface area contributed by atoms with Gasteiger partial charge < -0.3 is 16.6 Å². The summed E-state index contributed by atoms with van der Waals surface area (Å²) in [6, 6.07) is 1.87. The third-order valence-corrected chi connectivity index (χ3v) is 3.32. The maximum atomic E-state index is 10.5. The molecule has 2 atom stereocenters. The highest BCUT2D eigenvalue weighted by Gasteiger charge is 2.33. The lowest BCUT2D eigenvalue weighted by molar-refractivity contribution is -0.00184. The van der Waals surface area contributed by atoms with Crippen LogP contribution in [0.25, 0.3) is 0 Å². The zero-order chi connectivity index (χ0) is 11.6. The van der Waals surface area contributed by atoms with Gasteiger partial charge in [0.25, 0.3) is 0 Å². The molecule has 4 heteroatoms. The molecule has 5 N–H and O–H groups in total. The van der Waals surface area contributed by atoms with Crippen LogP contribution in [0, 0.1) is 0 Å². The Hall–Kier alpha value is -1.13. The van der Waals surface area contributed by atoms with Crippen LogP contribution in [-0.2, 0) is 6.42 Å². The number of nitrogen functional groups attached to an aromatic ring is 1. The van der Waals surface area contributed by atoms with Gasteiger partial charge in [-0.2, -0.15) is 0 Å². The van der Waals surface area contributed by atoms with Gasteiger partial charge in [0.2, 0.25) is 0 Å². The van der Waals surface area contributed by atoms with Crippen LogP contribution in [0.15, 0.2) is 18.5 Å². The molecular weight excluding hydrogens is 202 g/mol. The molecule has 0 saturated heterocycles. The predicted octanol–water partition coefficient (Wildman–Crippen LogP) is 0.839. The van der Waals surface area contributed by atoms with Crippen LogP contribution in [0.2, 0.25) is 0 Å². The summed E-state index contributed by atoms with van der Waals surface area (Å²) in [5.41, 5.74) is 12.7. The molecule has 1 aliphatic carbocycles. The number of aromatic nitrogens is 1. The number of rotatable bonds is 2. The van der Waals surface area contributed by atoms with E-state index >= 15 is 0 Å². The van der Waals surface area contributed by atoms with E-state index in [1.54, 1.807) is 18.5 Å². The number of pyridine rings is 1. The molecule has 0 aromatic carbocycles.